The minimum Gasteiger partial charge on any atom is -0.399 e. The van der Waals surface area contributed by atoms with Crippen molar-refractivity contribution in [1.82, 2.24) is 10.6 Å². The second kappa shape index (κ2) is 6.22. The topological polar surface area (TPSA) is 84.2 Å². The number of carbonyl (C=O) groups is 2. The van der Waals surface area contributed by atoms with Crippen LogP contribution in [0.4, 0.5) is 5.69 Å². The Morgan fingerprint density at radius 1 is 1.47 bits per heavy atom. The Labute approximate surface area is 112 Å². The van der Waals surface area contributed by atoms with Crippen LogP contribution in [0.1, 0.15) is 24.8 Å². The van der Waals surface area contributed by atoms with E-state index in [1.54, 1.807) is 0 Å². The summed E-state index contributed by atoms with van der Waals surface area (Å²) in [6.45, 7) is 0.703. The van der Waals surface area contributed by atoms with Crippen molar-refractivity contribution in [3.63, 3.8) is 0 Å². The molecule has 1 unspecified atom stereocenters. The first kappa shape index (κ1) is 13.4. The average Bonchev–Trinajstić information content (AvgIpc) is 2.39. The van der Waals surface area contributed by atoms with E-state index in [-0.39, 0.29) is 17.9 Å². The number of amides is 2. The van der Waals surface area contributed by atoms with Crippen LogP contribution in [0, 0.1) is 0 Å². The number of hydrogen-bond acceptors (Lipinski definition) is 3. The van der Waals surface area contributed by atoms with Crippen LogP contribution < -0.4 is 16.4 Å². The van der Waals surface area contributed by atoms with Crippen LogP contribution in [0.3, 0.4) is 0 Å². The van der Waals surface area contributed by atoms with Crippen molar-refractivity contribution < 1.29 is 9.59 Å². The maximum atomic E-state index is 11.8. The second-order valence-corrected chi connectivity index (χ2v) is 4.80. The fraction of sp³-hybridized carbons (Fsp3) is 0.429. The number of nitrogens with two attached hydrogens (primary N) is 1. The number of carbonyl (C=O) groups excluding carboxylic acids is 2. The predicted molar refractivity (Wildman–Crippen MR) is 73.3 cm³/mol. The van der Waals surface area contributed by atoms with E-state index in [4.69, 9.17) is 5.73 Å². The van der Waals surface area contributed by atoms with E-state index < -0.39 is 0 Å². The molecule has 1 saturated heterocycles. The van der Waals surface area contributed by atoms with E-state index in [0.29, 0.717) is 25.1 Å². The van der Waals surface area contributed by atoms with Crippen molar-refractivity contribution in [2.24, 2.45) is 0 Å². The molecule has 0 bridgehead atoms. The molecule has 5 nitrogen and oxygen atoms in total. The summed E-state index contributed by atoms with van der Waals surface area (Å²) in [6, 6.07) is 7.12. The molecule has 1 fully saturated rings. The second-order valence-electron chi connectivity index (χ2n) is 4.80. The number of benzene rings is 1. The number of nitrogen functional groups attached to an aromatic ring is 1. The summed E-state index contributed by atoms with van der Waals surface area (Å²) in [6.07, 6.45) is 2.63. The zero-order valence-electron chi connectivity index (χ0n) is 10.8. The lowest BCUT2D eigenvalue weighted by molar-refractivity contribution is -0.130. The molecule has 1 aromatic carbocycles. The molecule has 2 rings (SSSR count). The molecule has 0 radical (unpaired) electrons. The average molecular weight is 261 g/mol. The minimum absolute atomic E-state index is 0.0800. The molecule has 4 N–H and O–H groups in total. The molecule has 1 heterocycles. The van der Waals surface area contributed by atoms with Crippen molar-refractivity contribution in [3.8, 4) is 0 Å². The lowest BCUT2D eigenvalue weighted by atomic mass is 10.1. The van der Waals surface area contributed by atoms with Crippen molar-refractivity contribution in [3.05, 3.63) is 29.8 Å². The highest BCUT2D eigenvalue weighted by molar-refractivity contribution is 5.88. The maximum Gasteiger partial charge on any atom is 0.242 e. The van der Waals surface area contributed by atoms with Gasteiger partial charge in [0.1, 0.15) is 6.04 Å². The number of rotatable bonds is 4. The highest BCUT2D eigenvalue weighted by Crippen LogP contribution is 2.09. The summed E-state index contributed by atoms with van der Waals surface area (Å²) in [7, 11) is 0. The summed E-state index contributed by atoms with van der Waals surface area (Å²) in [5.74, 6) is -0.173. The zero-order chi connectivity index (χ0) is 13.7. The Balaban J connectivity index is 1.79. The molecule has 5 heteroatoms. The van der Waals surface area contributed by atoms with E-state index in [2.05, 4.69) is 10.6 Å². The van der Waals surface area contributed by atoms with Gasteiger partial charge >= 0.3 is 0 Å². The normalized spacial score (nSPS) is 18.7. The summed E-state index contributed by atoms with van der Waals surface area (Å²) >= 11 is 0. The van der Waals surface area contributed by atoms with E-state index >= 15 is 0 Å². The summed E-state index contributed by atoms with van der Waals surface area (Å²) < 4.78 is 0. The standard InChI is InChI=1S/C14H19N3O2/c15-11-4-1-3-10(9-11)6-7-13(18)17-12-5-2-8-16-14(12)19/h1,3-4,9,12H,2,5-8,15H2,(H,16,19)(H,17,18). The summed E-state index contributed by atoms with van der Waals surface area (Å²) in [4.78, 5) is 23.3. The van der Waals surface area contributed by atoms with Crippen molar-refractivity contribution >= 4 is 17.5 Å². The van der Waals surface area contributed by atoms with Gasteiger partial charge in [0, 0.05) is 18.7 Å². The molecule has 102 valence electrons. The number of anilines is 1. The van der Waals surface area contributed by atoms with E-state index in [0.717, 1.165) is 18.4 Å². The monoisotopic (exact) mass is 261 g/mol. The van der Waals surface area contributed by atoms with Gasteiger partial charge in [-0.1, -0.05) is 12.1 Å². The van der Waals surface area contributed by atoms with Crippen LogP contribution in [-0.4, -0.2) is 24.4 Å². The third-order valence-electron chi connectivity index (χ3n) is 3.21. The van der Waals surface area contributed by atoms with Crippen LogP contribution >= 0.6 is 0 Å². The third kappa shape index (κ3) is 3.98. The predicted octanol–water partition coefficient (Wildman–Crippen LogP) is 0.596. The number of piperidine rings is 1. The van der Waals surface area contributed by atoms with Crippen molar-refractivity contribution in [1.29, 1.82) is 0 Å². The number of nitrogens with one attached hydrogen (secondary N) is 2. The molecule has 0 aromatic heterocycles. The first-order valence-corrected chi connectivity index (χ1v) is 6.56. The van der Waals surface area contributed by atoms with Gasteiger partial charge in [0.25, 0.3) is 0 Å². The number of hydrogen-bond donors (Lipinski definition) is 3. The quantitative estimate of drug-likeness (QED) is 0.694. The molecular formula is C14H19N3O2. The van der Waals surface area contributed by atoms with E-state index in [1.807, 2.05) is 24.3 Å². The first-order chi connectivity index (χ1) is 9.15. The van der Waals surface area contributed by atoms with E-state index in [9.17, 15) is 9.59 Å². The summed E-state index contributed by atoms with van der Waals surface area (Å²) in [5.41, 5.74) is 7.41. The molecular weight excluding hydrogens is 242 g/mol. The van der Waals surface area contributed by atoms with Crippen LogP contribution in [0.25, 0.3) is 0 Å². The fourth-order valence-electron chi connectivity index (χ4n) is 2.18. The zero-order valence-corrected chi connectivity index (χ0v) is 10.8. The Hall–Kier alpha value is -2.04. The molecule has 0 aliphatic carbocycles. The lowest BCUT2D eigenvalue weighted by Crippen LogP contribution is -2.50. The van der Waals surface area contributed by atoms with Crippen molar-refractivity contribution in [2.75, 3.05) is 12.3 Å². The van der Waals surface area contributed by atoms with Crippen LogP contribution in [0.5, 0.6) is 0 Å². The van der Waals surface area contributed by atoms with E-state index in [1.165, 1.54) is 0 Å². The molecule has 2 amide bonds. The van der Waals surface area contributed by atoms with Gasteiger partial charge in [0.05, 0.1) is 0 Å². The fourth-order valence-corrected chi connectivity index (χ4v) is 2.18. The molecule has 1 aromatic rings. The highest BCUT2D eigenvalue weighted by atomic mass is 16.2. The maximum absolute atomic E-state index is 11.8. The molecule has 1 atom stereocenters. The Bertz CT molecular complexity index is 474. The Morgan fingerprint density at radius 2 is 2.32 bits per heavy atom. The molecule has 1 aliphatic rings. The lowest BCUT2D eigenvalue weighted by Gasteiger charge is -2.22. The molecule has 0 spiro atoms. The van der Waals surface area contributed by atoms with Gasteiger partial charge in [-0.3, -0.25) is 9.59 Å². The Morgan fingerprint density at radius 3 is 3.05 bits per heavy atom. The van der Waals surface area contributed by atoms with Gasteiger partial charge in [-0.2, -0.15) is 0 Å². The van der Waals surface area contributed by atoms with Gasteiger partial charge < -0.3 is 16.4 Å². The molecule has 0 saturated carbocycles. The van der Waals surface area contributed by atoms with Gasteiger partial charge in [-0.25, -0.2) is 0 Å². The smallest absolute Gasteiger partial charge is 0.242 e. The molecule has 1 aliphatic heterocycles. The first-order valence-electron chi connectivity index (χ1n) is 6.56. The van der Waals surface area contributed by atoms with Gasteiger partial charge in [0.15, 0.2) is 0 Å². The van der Waals surface area contributed by atoms with Crippen LogP contribution in [0.15, 0.2) is 24.3 Å². The van der Waals surface area contributed by atoms with Crippen LogP contribution in [-0.2, 0) is 16.0 Å². The van der Waals surface area contributed by atoms with Gasteiger partial charge in [-0.15, -0.1) is 0 Å². The third-order valence-corrected chi connectivity index (χ3v) is 3.21. The van der Waals surface area contributed by atoms with Gasteiger partial charge in [-0.05, 0) is 37.0 Å². The molecule has 19 heavy (non-hydrogen) atoms. The van der Waals surface area contributed by atoms with Crippen molar-refractivity contribution in [2.45, 2.75) is 31.7 Å². The minimum atomic E-state index is -0.373. The largest absolute Gasteiger partial charge is 0.399 e. The van der Waals surface area contributed by atoms with Crippen LogP contribution in [0.2, 0.25) is 0 Å². The number of aryl methyl sites for hydroxylation is 1. The summed E-state index contributed by atoms with van der Waals surface area (Å²) in [5, 5.41) is 5.52. The highest BCUT2D eigenvalue weighted by Gasteiger charge is 2.23. The van der Waals surface area contributed by atoms with Gasteiger partial charge in [0.2, 0.25) is 11.8 Å². The SMILES string of the molecule is Nc1cccc(CCC(=O)NC2CCCNC2=O)c1. The Kier molecular flexibility index (Phi) is 4.39.